The van der Waals surface area contributed by atoms with Gasteiger partial charge in [0.25, 0.3) is 22.3 Å². The van der Waals surface area contributed by atoms with Crippen LogP contribution < -0.4 is 20.3 Å². The van der Waals surface area contributed by atoms with Crippen molar-refractivity contribution in [2.45, 2.75) is 87.5 Å². The number of aromatic nitrogens is 2. The lowest BCUT2D eigenvalue weighted by Crippen LogP contribution is -2.27. The van der Waals surface area contributed by atoms with Gasteiger partial charge in [-0.2, -0.15) is 10.2 Å². The molecular weight excluding hydrogens is 589 g/mol. The zero-order valence-corrected chi connectivity index (χ0v) is 26.5. The van der Waals surface area contributed by atoms with E-state index in [1.807, 2.05) is 64.1 Å². The lowest BCUT2D eigenvalue weighted by atomic mass is 10.0. The smallest absolute Gasteiger partial charge is 0.278 e. The van der Waals surface area contributed by atoms with Crippen molar-refractivity contribution in [3.8, 4) is 11.5 Å². The molecule has 13 heteroatoms. The summed E-state index contributed by atoms with van der Waals surface area (Å²) in [4.78, 5) is 25.3. The molecule has 2 N–H and O–H groups in total. The fraction of sp³-hybridized carbons (Fsp3) is 0.400. The maximum atomic E-state index is 12.7. The highest BCUT2D eigenvalue weighted by atomic mass is 32.2. The Balaban J connectivity index is 1.09. The lowest BCUT2D eigenvalue weighted by molar-refractivity contribution is -0.121. The number of rotatable bonds is 10. The highest BCUT2D eigenvalue weighted by molar-refractivity contribution is 8.01. The van der Waals surface area contributed by atoms with Crippen LogP contribution >= 0.6 is 23.5 Å². The summed E-state index contributed by atoms with van der Waals surface area (Å²) >= 11 is 2.22. The summed E-state index contributed by atoms with van der Waals surface area (Å²) in [6.07, 6.45) is 2.02. The summed E-state index contributed by atoms with van der Waals surface area (Å²) in [5, 5.41) is 15.9. The minimum absolute atomic E-state index is 0.161. The predicted octanol–water partition coefficient (Wildman–Crippen LogP) is 4.76. The summed E-state index contributed by atoms with van der Waals surface area (Å²) in [7, 11) is 0. The molecule has 0 spiro atoms. The van der Waals surface area contributed by atoms with E-state index in [1.165, 1.54) is 0 Å². The van der Waals surface area contributed by atoms with Gasteiger partial charge in [0.2, 0.25) is 0 Å². The van der Waals surface area contributed by atoms with Crippen LogP contribution in [0.1, 0.15) is 63.8 Å². The molecule has 5 rings (SSSR count). The summed E-state index contributed by atoms with van der Waals surface area (Å²) in [6, 6.07) is 11.8. The number of amides is 2. The van der Waals surface area contributed by atoms with Crippen molar-refractivity contribution in [1.29, 1.82) is 0 Å². The van der Waals surface area contributed by atoms with Gasteiger partial charge in [-0.15, -0.1) is 10.2 Å². The molecule has 11 nitrogen and oxygen atoms in total. The van der Waals surface area contributed by atoms with Crippen molar-refractivity contribution in [3.05, 3.63) is 58.7 Å². The Morgan fingerprint density at radius 2 is 1.21 bits per heavy atom. The third kappa shape index (κ3) is 7.57. The van der Waals surface area contributed by atoms with E-state index in [1.54, 1.807) is 13.8 Å². The molecule has 0 fully saturated rings. The van der Waals surface area contributed by atoms with Gasteiger partial charge in [0.05, 0.1) is 21.9 Å². The Kier molecular flexibility index (Phi) is 9.40. The van der Waals surface area contributed by atoms with Crippen LogP contribution in [0.2, 0.25) is 0 Å². The van der Waals surface area contributed by atoms with E-state index in [-0.39, 0.29) is 34.5 Å². The number of thioether (sulfide) groups is 2. The first-order valence-corrected chi connectivity index (χ1v) is 15.8. The number of benzene rings is 2. The van der Waals surface area contributed by atoms with Crippen LogP contribution in [0.4, 0.5) is 0 Å². The van der Waals surface area contributed by atoms with E-state index in [4.69, 9.17) is 13.9 Å². The second kappa shape index (κ2) is 13.2. The summed E-state index contributed by atoms with van der Waals surface area (Å²) in [6.45, 7) is 11.2. The molecule has 2 aliphatic heterocycles. The van der Waals surface area contributed by atoms with Gasteiger partial charge in [-0.3, -0.25) is 9.59 Å². The van der Waals surface area contributed by atoms with Gasteiger partial charge >= 0.3 is 0 Å². The molecule has 3 aromatic rings. The van der Waals surface area contributed by atoms with Crippen molar-refractivity contribution in [2.24, 2.45) is 10.2 Å². The van der Waals surface area contributed by atoms with Gasteiger partial charge in [0.1, 0.15) is 23.7 Å². The standard InChI is InChI=1S/C30H34N6O5S2/c1-15-11-23-13-21(7-9-25(23)39-15)17(3)31-33-27(37)19(5)42-29-35-36-30(41-29)43-20(6)28(38)34-32-18(4)22-8-10-26-24(14-22)12-16(2)40-26/h7-10,13-16,19-20H,11-12H2,1-6H3,(H,33,37)(H,34,38)/b31-17+,32-18+. The molecule has 43 heavy (non-hydrogen) atoms. The second-order valence-corrected chi connectivity index (χ2v) is 13.2. The van der Waals surface area contributed by atoms with Crippen LogP contribution in [-0.2, 0) is 22.4 Å². The number of fused-ring (bicyclic) bond motifs is 2. The molecule has 3 heterocycles. The Morgan fingerprint density at radius 1 is 0.791 bits per heavy atom. The summed E-state index contributed by atoms with van der Waals surface area (Å²) in [5.41, 5.74) is 10.7. The number of hydrogen-bond acceptors (Lipinski definition) is 11. The molecule has 4 unspecified atom stereocenters. The minimum atomic E-state index is -0.545. The molecule has 2 aromatic carbocycles. The van der Waals surface area contributed by atoms with Gasteiger partial charge < -0.3 is 13.9 Å². The average Bonchev–Trinajstić information content (AvgIpc) is 3.69. The molecule has 0 saturated heterocycles. The van der Waals surface area contributed by atoms with E-state index in [0.29, 0.717) is 11.4 Å². The van der Waals surface area contributed by atoms with Crippen LogP contribution in [0, 0.1) is 0 Å². The zero-order chi connectivity index (χ0) is 30.7. The van der Waals surface area contributed by atoms with Crippen LogP contribution in [-0.4, -0.2) is 56.1 Å². The minimum Gasteiger partial charge on any atom is -0.490 e. The molecule has 0 radical (unpaired) electrons. The van der Waals surface area contributed by atoms with Gasteiger partial charge in [-0.05, 0) is 100 Å². The molecule has 0 aliphatic carbocycles. The monoisotopic (exact) mass is 622 g/mol. The fourth-order valence-electron chi connectivity index (χ4n) is 4.58. The summed E-state index contributed by atoms with van der Waals surface area (Å²) < 4.78 is 17.2. The van der Waals surface area contributed by atoms with Crippen molar-refractivity contribution >= 4 is 46.8 Å². The van der Waals surface area contributed by atoms with Crippen molar-refractivity contribution in [1.82, 2.24) is 21.0 Å². The van der Waals surface area contributed by atoms with E-state index >= 15 is 0 Å². The van der Waals surface area contributed by atoms with Crippen LogP contribution in [0.25, 0.3) is 0 Å². The molecule has 4 atom stereocenters. The van der Waals surface area contributed by atoms with Crippen LogP contribution in [0.5, 0.6) is 11.5 Å². The maximum absolute atomic E-state index is 12.7. The van der Waals surface area contributed by atoms with Gasteiger partial charge in [0.15, 0.2) is 0 Å². The first kappa shape index (κ1) is 30.6. The summed E-state index contributed by atoms with van der Waals surface area (Å²) in [5.74, 6) is 1.18. The maximum Gasteiger partial charge on any atom is 0.278 e. The Bertz CT molecular complexity index is 1470. The fourth-order valence-corrected chi connectivity index (χ4v) is 5.99. The third-order valence-corrected chi connectivity index (χ3v) is 8.85. The molecule has 0 bridgehead atoms. The zero-order valence-electron chi connectivity index (χ0n) is 24.8. The number of ether oxygens (including phenoxy) is 2. The Morgan fingerprint density at radius 3 is 1.63 bits per heavy atom. The number of nitrogens with one attached hydrogen (secondary N) is 2. The lowest BCUT2D eigenvalue weighted by Gasteiger charge is -2.09. The van der Waals surface area contributed by atoms with E-state index in [0.717, 1.165) is 70.1 Å². The quantitative estimate of drug-likeness (QED) is 0.186. The van der Waals surface area contributed by atoms with Crippen LogP contribution in [0.15, 0.2) is 61.5 Å². The normalized spacial score (nSPS) is 19.1. The topological polar surface area (TPSA) is 140 Å². The average molecular weight is 623 g/mol. The number of hydrogen-bond donors (Lipinski definition) is 2. The van der Waals surface area contributed by atoms with Crippen LogP contribution in [0.3, 0.4) is 0 Å². The highest BCUT2D eigenvalue weighted by Crippen LogP contribution is 2.31. The largest absolute Gasteiger partial charge is 0.490 e. The Hall–Kier alpha value is -3.84. The number of hydrazone groups is 2. The molecule has 0 saturated carbocycles. The van der Waals surface area contributed by atoms with Gasteiger partial charge in [-0.1, -0.05) is 23.5 Å². The van der Waals surface area contributed by atoms with E-state index in [9.17, 15) is 9.59 Å². The predicted molar refractivity (Wildman–Crippen MR) is 166 cm³/mol. The van der Waals surface area contributed by atoms with Crippen molar-refractivity contribution < 1.29 is 23.5 Å². The van der Waals surface area contributed by atoms with Gasteiger partial charge in [0, 0.05) is 12.8 Å². The van der Waals surface area contributed by atoms with E-state index in [2.05, 4.69) is 31.3 Å². The third-order valence-electron chi connectivity index (χ3n) is 6.98. The van der Waals surface area contributed by atoms with Crippen molar-refractivity contribution in [3.63, 3.8) is 0 Å². The molecule has 2 amide bonds. The first-order chi connectivity index (χ1) is 20.5. The molecule has 2 aliphatic rings. The number of nitrogens with zero attached hydrogens (tertiary/aromatic N) is 4. The highest BCUT2D eigenvalue weighted by Gasteiger charge is 2.23. The van der Waals surface area contributed by atoms with Gasteiger partial charge in [-0.25, -0.2) is 10.9 Å². The SMILES string of the molecule is C/C(=N\NC(=O)C(C)Sc1nnc(SC(C)C(=O)N/N=C(\C)c2ccc3c(c2)CC(C)O3)o1)c1ccc2c(c1)CC(C)O2. The molecule has 226 valence electrons. The first-order valence-electron chi connectivity index (χ1n) is 14.0. The van der Waals surface area contributed by atoms with E-state index < -0.39 is 10.5 Å². The second-order valence-electron chi connectivity index (χ2n) is 10.6. The molecule has 1 aromatic heterocycles. The Labute approximate surface area is 258 Å². The van der Waals surface area contributed by atoms with Crippen molar-refractivity contribution in [2.75, 3.05) is 0 Å². The molecular formula is C30H34N6O5S2. The number of carbonyl (C=O) groups is 2. The number of carbonyl (C=O) groups excluding carboxylic acids is 2.